The van der Waals surface area contributed by atoms with Crippen molar-refractivity contribution in [3.8, 4) is 0 Å². The molecule has 0 aliphatic carbocycles. The molecule has 0 saturated carbocycles. The van der Waals surface area contributed by atoms with Gasteiger partial charge in [-0.05, 0) is 28.3 Å². The van der Waals surface area contributed by atoms with Crippen LogP contribution in [0.2, 0.25) is 0 Å². The lowest BCUT2D eigenvalue weighted by atomic mass is 9.99. The zero-order valence-electron chi connectivity index (χ0n) is 9.97. The first-order chi connectivity index (χ1) is 8.09. The summed E-state index contributed by atoms with van der Waals surface area (Å²) in [7, 11) is 0. The van der Waals surface area contributed by atoms with Crippen molar-refractivity contribution in [2.75, 3.05) is 6.54 Å². The van der Waals surface area contributed by atoms with Gasteiger partial charge in [-0.25, -0.2) is 0 Å². The van der Waals surface area contributed by atoms with Gasteiger partial charge in [0.15, 0.2) is 0 Å². The summed E-state index contributed by atoms with van der Waals surface area (Å²) < 4.78 is 0. The fraction of sp³-hybridized carbons (Fsp3) is 0.500. The van der Waals surface area contributed by atoms with Gasteiger partial charge in [0.05, 0.1) is 6.54 Å². The van der Waals surface area contributed by atoms with E-state index in [1.54, 1.807) is 16.2 Å². The van der Waals surface area contributed by atoms with Crippen molar-refractivity contribution >= 4 is 23.2 Å². The number of piperazine rings is 1. The standard InChI is InChI=1S/C12H16N2O2S/c1-8(2)11-12(16)13-5-10(15)14(11)6-9-3-4-17-7-9/h3-4,7-8,11H,5-6H2,1-2H3,(H,13,16). The molecule has 4 nitrogen and oxygen atoms in total. The molecular formula is C12H16N2O2S. The van der Waals surface area contributed by atoms with Gasteiger partial charge in [-0.3, -0.25) is 9.59 Å². The minimum atomic E-state index is -0.351. The lowest BCUT2D eigenvalue weighted by Crippen LogP contribution is -2.59. The molecule has 17 heavy (non-hydrogen) atoms. The second-order valence-corrected chi connectivity index (χ2v) is 5.34. The molecule has 1 unspecified atom stereocenters. The zero-order chi connectivity index (χ0) is 12.4. The Kier molecular flexibility index (Phi) is 3.47. The van der Waals surface area contributed by atoms with E-state index >= 15 is 0 Å². The van der Waals surface area contributed by atoms with Gasteiger partial charge < -0.3 is 10.2 Å². The smallest absolute Gasteiger partial charge is 0.243 e. The number of thiophene rings is 1. The van der Waals surface area contributed by atoms with Crippen molar-refractivity contribution in [1.82, 2.24) is 10.2 Å². The van der Waals surface area contributed by atoms with E-state index in [4.69, 9.17) is 0 Å². The Morgan fingerprint density at radius 2 is 2.29 bits per heavy atom. The minimum absolute atomic E-state index is 0.00509. The average molecular weight is 252 g/mol. The topological polar surface area (TPSA) is 49.4 Å². The molecule has 92 valence electrons. The first kappa shape index (κ1) is 12.1. The highest BCUT2D eigenvalue weighted by Crippen LogP contribution is 2.19. The van der Waals surface area contributed by atoms with Crippen molar-refractivity contribution in [2.24, 2.45) is 5.92 Å². The Bertz CT molecular complexity index is 414. The summed E-state index contributed by atoms with van der Waals surface area (Å²) in [6, 6.07) is 1.64. The molecule has 0 radical (unpaired) electrons. The second kappa shape index (κ2) is 4.87. The third kappa shape index (κ3) is 2.49. The monoisotopic (exact) mass is 252 g/mol. The summed E-state index contributed by atoms with van der Waals surface area (Å²) in [6.45, 7) is 4.57. The van der Waals surface area contributed by atoms with Crippen LogP contribution in [-0.2, 0) is 16.1 Å². The van der Waals surface area contributed by atoms with Gasteiger partial charge in [0.2, 0.25) is 11.8 Å². The van der Waals surface area contributed by atoms with E-state index in [9.17, 15) is 9.59 Å². The number of carbonyl (C=O) groups is 2. The maximum atomic E-state index is 11.9. The van der Waals surface area contributed by atoms with Crippen LogP contribution in [0.3, 0.4) is 0 Å². The third-order valence-electron chi connectivity index (χ3n) is 2.90. The SMILES string of the molecule is CC(C)C1C(=O)NCC(=O)N1Cc1ccsc1. The van der Waals surface area contributed by atoms with Crippen LogP contribution < -0.4 is 5.32 Å². The summed E-state index contributed by atoms with van der Waals surface area (Å²) in [5, 5.41) is 6.64. The molecule has 1 N–H and O–H groups in total. The largest absolute Gasteiger partial charge is 0.345 e. The van der Waals surface area contributed by atoms with Gasteiger partial charge in [0.1, 0.15) is 6.04 Å². The molecule has 2 rings (SSSR count). The van der Waals surface area contributed by atoms with Crippen molar-refractivity contribution in [2.45, 2.75) is 26.4 Å². The molecule has 1 aliphatic heterocycles. The summed E-state index contributed by atoms with van der Waals surface area (Å²) in [5.74, 6) is 0.0715. The highest BCUT2D eigenvalue weighted by molar-refractivity contribution is 7.07. The van der Waals surface area contributed by atoms with Crippen LogP contribution >= 0.6 is 11.3 Å². The van der Waals surface area contributed by atoms with Crippen molar-refractivity contribution in [1.29, 1.82) is 0 Å². The van der Waals surface area contributed by atoms with E-state index in [1.165, 1.54) is 0 Å². The van der Waals surface area contributed by atoms with Crippen LogP contribution in [0.5, 0.6) is 0 Å². The lowest BCUT2D eigenvalue weighted by Gasteiger charge is -2.37. The molecule has 0 bridgehead atoms. The number of hydrogen-bond donors (Lipinski definition) is 1. The van der Waals surface area contributed by atoms with Gasteiger partial charge in [-0.1, -0.05) is 13.8 Å². The Morgan fingerprint density at radius 3 is 2.88 bits per heavy atom. The number of nitrogens with zero attached hydrogens (tertiary/aromatic N) is 1. The molecule has 1 fully saturated rings. The second-order valence-electron chi connectivity index (χ2n) is 4.56. The van der Waals surface area contributed by atoms with Crippen molar-refractivity contribution in [3.05, 3.63) is 22.4 Å². The van der Waals surface area contributed by atoms with Gasteiger partial charge in [0.25, 0.3) is 0 Å². The molecule has 1 atom stereocenters. The van der Waals surface area contributed by atoms with E-state index in [0.29, 0.717) is 6.54 Å². The molecule has 2 heterocycles. The van der Waals surface area contributed by atoms with Crippen molar-refractivity contribution in [3.63, 3.8) is 0 Å². The predicted molar refractivity (Wildman–Crippen MR) is 66.5 cm³/mol. The van der Waals surface area contributed by atoms with E-state index in [1.807, 2.05) is 30.7 Å². The molecule has 1 aliphatic rings. The zero-order valence-corrected chi connectivity index (χ0v) is 10.8. The number of hydrogen-bond acceptors (Lipinski definition) is 3. The van der Waals surface area contributed by atoms with E-state index in [0.717, 1.165) is 5.56 Å². The maximum Gasteiger partial charge on any atom is 0.243 e. The molecule has 0 aromatic carbocycles. The summed E-state index contributed by atoms with van der Waals surface area (Å²) in [6.07, 6.45) is 0. The quantitative estimate of drug-likeness (QED) is 0.879. The molecule has 1 aromatic heterocycles. The van der Waals surface area contributed by atoms with Gasteiger partial charge in [-0.15, -0.1) is 0 Å². The van der Waals surface area contributed by atoms with Gasteiger partial charge in [0, 0.05) is 6.54 Å². The first-order valence-electron chi connectivity index (χ1n) is 5.68. The first-order valence-corrected chi connectivity index (χ1v) is 6.62. The van der Waals surface area contributed by atoms with Crippen molar-refractivity contribution < 1.29 is 9.59 Å². The minimum Gasteiger partial charge on any atom is -0.345 e. The van der Waals surface area contributed by atoms with E-state index in [2.05, 4.69) is 5.32 Å². The van der Waals surface area contributed by atoms with Crippen LogP contribution in [0.1, 0.15) is 19.4 Å². The maximum absolute atomic E-state index is 11.9. The van der Waals surface area contributed by atoms with Crippen LogP contribution in [0, 0.1) is 5.92 Å². The normalized spacial score (nSPS) is 20.9. The van der Waals surface area contributed by atoms with Gasteiger partial charge >= 0.3 is 0 Å². The van der Waals surface area contributed by atoms with Crippen LogP contribution in [0.25, 0.3) is 0 Å². The highest BCUT2D eigenvalue weighted by atomic mass is 32.1. The van der Waals surface area contributed by atoms with Crippen LogP contribution in [-0.4, -0.2) is 29.3 Å². The Balaban J connectivity index is 2.20. The fourth-order valence-electron chi connectivity index (χ4n) is 2.09. The highest BCUT2D eigenvalue weighted by Gasteiger charge is 2.36. The summed E-state index contributed by atoms with van der Waals surface area (Å²) >= 11 is 1.60. The molecular weight excluding hydrogens is 236 g/mol. The molecule has 0 spiro atoms. The van der Waals surface area contributed by atoms with Crippen LogP contribution in [0.15, 0.2) is 16.8 Å². The molecule has 5 heteroatoms. The van der Waals surface area contributed by atoms with E-state index < -0.39 is 0 Å². The molecule has 1 saturated heterocycles. The number of rotatable bonds is 3. The Morgan fingerprint density at radius 1 is 1.53 bits per heavy atom. The average Bonchev–Trinajstić information content (AvgIpc) is 2.76. The van der Waals surface area contributed by atoms with Gasteiger partial charge in [-0.2, -0.15) is 11.3 Å². The van der Waals surface area contributed by atoms with E-state index in [-0.39, 0.29) is 30.3 Å². The number of amides is 2. The molecule has 2 amide bonds. The third-order valence-corrected chi connectivity index (χ3v) is 3.64. The summed E-state index contributed by atoms with van der Waals surface area (Å²) in [5.41, 5.74) is 1.09. The predicted octanol–water partition coefficient (Wildman–Crippen LogP) is 1.23. The molecule has 1 aromatic rings. The number of nitrogens with one attached hydrogen (secondary N) is 1. The fourth-order valence-corrected chi connectivity index (χ4v) is 2.75. The Labute approximate surface area is 105 Å². The van der Waals surface area contributed by atoms with Crippen LogP contribution in [0.4, 0.5) is 0 Å². The summed E-state index contributed by atoms with van der Waals surface area (Å²) in [4.78, 5) is 25.4. The lowest BCUT2D eigenvalue weighted by molar-refractivity contribution is -0.148. The Hall–Kier alpha value is -1.36. The number of carbonyl (C=O) groups excluding carboxylic acids is 2.